The van der Waals surface area contributed by atoms with Gasteiger partial charge in [0.25, 0.3) is 0 Å². The molecule has 0 fully saturated rings. The number of halogens is 1. The molecule has 2 rings (SSSR count). The van der Waals surface area contributed by atoms with Gasteiger partial charge in [0.1, 0.15) is 5.82 Å². The Morgan fingerprint density at radius 2 is 2.00 bits per heavy atom. The molecule has 1 heterocycles. The van der Waals surface area contributed by atoms with Crippen molar-refractivity contribution in [3.8, 4) is 5.88 Å². The lowest BCUT2D eigenvalue weighted by Crippen LogP contribution is -2.15. The minimum atomic E-state index is -0.271. The van der Waals surface area contributed by atoms with Crippen LogP contribution in [0.15, 0.2) is 42.6 Å². The zero-order valence-corrected chi connectivity index (χ0v) is 12.7. The number of anilines is 1. The maximum Gasteiger partial charge on any atom is 0.225 e. The predicted octanol–water partition coefficient (Wildman–Crippen LogP) is 3.75. The first kappa shape index (κ1) is 15.9. The molecule has 0 saturated heterocycles. The first-order chi connectivity index (χ1) is 10.6. The largest absolute Gasteiger partial charge is 0.481 e. The standard InChI is InChI=1S/C17H19FN2O2/c1-3-12(13-4-6-14(18)7-5-13)10-16(21)20-15-8-9-17(22-2)19-11-15/h4-9,11-12H,3,10H2,1-2H3,(H,20,21). The van der Waals surface area contributed by atoms with Crippen LogP contribution >= 0.6 is 0 Å². The van der Waals surface area contributed by atoms with Gasteiger partial charge in [-0.2, -0.15) is 0 Å². The molecule has 0 spiro atoms. The highest BCUT2D eigenvalue weighted by Gasteiger charge is 2.14. The first-order valence-electron chi connectivity index (χ1n) is 7.17. The summed E-state index contributed by atoms with van der Waals surface area (Å²) in [5, 5.41) is 2.81. The summed E-state index contributed by atoms with van der Waals surface area (Å²) in [5.74, 6) is 0.193. The topological polar surface area (TPSA) is 51.2 Å². The molecule has 1 N–H and O–H groups in total. The Balaban J connectivity index is 1.98. The number of carbonyl (C=O) groups is 1. The van der Waals surface area contributed by atoms with Crippen LogP contribution in [0.3, 0.4) is 0 Å². The minimum Gasteiger partial charge on any atom is -0.481 e. The van der Waals surface area contributed by atoms with Gasteiger partial charge in [0.15, 0.2) is 0 Å². The van der Waals surface area contributed by atoms with Crippen LogP contribution in [-0.4, -0.2) is 18.0 Å². The fourth-order valence-corrected chi connectivity index (χ4v) is 2.24. The van der Waals surface area contributed by atoms with Gasteiger partial charge in [-0.25, -0.2) is 9.37 Å². The van der Waals surface area contributed by atoms with Crippen molar-refractivity contribution in [3.63, 3.8) is 0 Å². The van der Waals surface area contributed by atoms with Crippen LogP contribution in [0.1, 0.15) is 31.2 Å². The van der Waals surface area contributed by atoms with Gasteiger partial charge in [0, 0.05) is 12.5 Å². The van der Waals surface area contributed by atoms with Gasteiger partial charge >= 0.3 is 0 Å². The first-order valence-corrected chi connectivity index (χ1v) is 7.17. The molecule has 0 radical (unpaired) electrons. The lowest BCUT2D eigenvalue weighted by atomic mass is 9.93. The fraction of sp³-hybridized carbons (Fsp3) is 0.294. The molecule has 0 aliphatic rings. The van der Waals surface area contributed by atoms with Gasteiger partial charge in [-0.1, -0.05) is 19.1 Å². The number of benzene rings is 1. The van der Waals surface area contributed by atoms with Crippen molar-refractivity contribution in [2.24, 2.45) is 0 Å². The van der Waals surface area contributed by atoms with Crippen LogP contribution in [-0.2, 0) is 4.79 Å². The number of ether oxygens (including phenoxy) is 1. The van der Waals surface area contributed by atoms with Gasteiger partial charge in [-0.05, 0) is 36.1 Å². The number of amides is 1. The van der Waals surface area contributed by atoms with E-state index < -0.39 is 0 Å². The maximum absolute atomic E-state index is 13.0. The number of pyridine rings is 1. The summed E-state index contributed by atoms with van der Waals surface area (Å²) in [4.78, 5) is 16.2. The van der Waals surface area contributed by atoms with E-state index in [-0.39, 0.29) is 17.6 Å². The Morgan fingerprint density at radius 3 is 2.55 bits per heavy atom. The molecule has 0 saturated carbocycles. The third kappa shape index (κ3) is 4.28. The molecule has 22 heavy (non-hydrogen) atoms. The average Bonchev–Trinajstić information content (AvgIpc) is 2.54. The van der Waals surface area contributed by atoms with Crippen LogP contribution in [0.4, 0.5) is 10.1 Å². The van der Waals surface area contributed by atoms with E-state index in [1.54, 1.807) is 30.5 Å². The smallest absolute Gasteiger partial charge is 0.225 e. The zero-order chi connectivity index (χ0) is 15.9. The van der Waals surface area contributed by atoms with Crippen molar-refractivity contribution in [1.29, 1.82) is 0 Å². The SMILES string of the molecule is CCC(CC(=O)Nc1ccc(OC)nc1)c1ccc(F)cc1. The molecular weight excluding hydrogens is 283 g/mol. The molecule has 0 aliphatic heterocycles. The molecule has 0 aliphatic carbocycles. The van der Waals surface area contributed by atoms with E-state index in [4.69, 9.17) is 4.74 Å². The summed E-state index contributed by atoms with van der Waals surface area (Å²) >= 11 is 0. The van der Waals surface area contributed by atoms with Crippen molar-refractivity contribution < 1.29 is 13.9 Å². The molecule has 5 heteroatoms. The molecule has 2 aromatic rings. The van der Waals surface area contributed by atoms with E-state index >= 15 is 0 Å². The van der Waals surface area contributed by atoms with Crippen LogP contribution in [0, 0.1) is 5.82 Å². The zero-order valence-electron chi connectivity index (χ0n) is 12.7. The van der Waals surface area contributed by atoms with E-state index in [0.717, 1.165) is 12.0 Å². The molecule has 1 atom stereocenters. The monoisotopic (exact) mass is 302 g/mol. The summed E-state index contributed by atoms with van der Waals surface area (Å²) in [6.07, 6.45) is 2.70. The highest BCUT2D eigenvalue weighted by atomic mass is 19.1. The second-order valence-corrected chi connectivity index (χ2v) is 5.00. The molecule has 116 valence electrons. The molecule has 1 unspecified atom stereocenters. The van der Waals surface area contributed by atoms with Gasteiger partial charge in [0.05, 0.1) is 19.0 Å². The van der Waals surface area contributed by atoms with Crippen molar-refractivity contribution in [3.05, 3.63) is 54.0 Å². The van der Waals surface area contributed by atoms with Crippen molar-refractivity contribution >= 4 is 11.6 Å². The third-order valence-corrected chi connectivity index (χ3v) is 3.50. The number of rotatable bonds is 6. The third-order valence-electron chi connectivity index (χ3n) is 3.50. The second-order valence-electron chi connectivity index (χ2n) is 5.00. The Morgan fingerprint density at radius 1 is 1.27 bits per heavy atom. The Hall–Kier alpha value is -2.43. The molecule has 1 amide bonds. The summed E-state index contributed by atoms with van der Waals surface area (Å²) < 4.78 is 17.9. The number of aromatic nitrogens is 1. The van der Waals surface area contributed by atoms with Gasteiger partial charge in [0.2, 0.25) is 11.8 Å². The van der Waals surface area contributed by atoms with E-state index in [2.05, 4.69) is 10.3 Å². The quantitative estimate of drug-likeness (QED) is 0.884. The van der Waals surface area contributed by atoms with E-state index in [9.17, 15) is 9.18 Å². The van der Waals surface area contributed by atoms with Crippen LogP contribution in [0.2, 0.25) is 0 Å². The molecule has 1 aromatic carbocycles. The number of methoxy groups -OCH3 is 1. The summed E-state index contributed by atoms with van der Waals surface area (Å²) in [6, 6.07) is 9.72. The molecular formula is C17H19FN2O2. The Labute approximate surface area is 129 Å². The predicted molar refractivity (Wildman–Crippen MR) is 83.5 cm³/mol. The normalized spacial score (nSPS) is 11.8. The van der Waals surface area contributed by atoms with Crippen LogP contribution < -0.4 is 10.1 Å². The highest BCUT2D eigenvalue weighted by Crippen LogP contribution is 2.24. The van der Waals surface area contributed by atoms with Crippen LogP contribution in [0.5, 0.6) is 5.88 Å². The molecule has 4 nitrogen and oxygen atoms in total. The van der Waals surface area contributed by atoms with E-state index in [1.165, 1.54) is 19.2 Å². The lowest BCUT2D eigenvalue weighted by Gasteiger charge is -2.15. The molecule has 1 aromatic heterocycles. The Bertz CT molecular complexity index is 612. The van der Waals surface area contributed by atoms with Gasteiger partial charge in [-0.15, -0.1) is 0 Å². The van der Waals surface area contributed by atoms with Crippen molar-refractivity contribution in [2.75, 3.05) is 12.4 Å². The van der Waals surface area contributed by atoms with Gasteiger partial charge < -0.3 is 10.1 Å². The number of carbonyl (C=O) groups excluding carboxylic acids is 1. The number of hydrogen-bond donors (Lipinski definition) is 1. The van der Waals surface area contributed by atoms with Crippen molar-refractivity contribution in [2.45, 2.75) is 25.7 Å². The number of hydrogen-bond acceptors (Lipinski definition) is 3. The summed E-state index contributed by atoms with van der Waals surface area (Å²) in [5.41, 5.74) is 1.59. The van der Waals surface area contributed by atoms with Crippen LogP contribution in [0.25, 0.3) is 0 Å². The highest BCUT2D eigenvalue weighted by molar-refractivity contribution is 5.91. The number of nitrogens with one attached hydrogen (secondary N) is 1. The summed E-state index contributed by atoms with van der Waals surface area (Å²) in [6.45, 7) is 2.01. The van der Waals surface area contributed by atoms with E-state index in [1.807, 2.05) is 6.92 Å². The van der Waals surface area contributed by atoms with E-state index in [0.29, 0.717) is 18.0 Å². The van der Waals surface area contributed by atoms with Crippen molar-refractivity contribution in [1.82, 2.24) is 4.98 Å². The summed E-state index contributed by atoms with van der Waals surface area (Å²) in [7, 11) is 1.54. The lowest BCUT2D eigenvalue weighted by molar-refractivity contribution is -0.116. The van der Waals surface area contributed by atoms with Gasteiger partial charge in [-0.3, -0.25) is 4.79 Å². The fourth-order valence-electron chi connectivity index (χ4n) is 2.24. The minimum absolute atomic E-state index is 0.0619. The average molecular weight is 302 g/mol. The molecule has 0 bridgehead atoms. The maximum atomic E-state index is 13.0. The number of nitrogens with zero attached hydrogens (tertiary/aromatic N) is 1. The Kier molecular flexibility index (Phi) is 5.47. The second kappa shape index (κ2) is 7.54.